The molecule has 0 aromatic heterocycles. The van der Waals surface area contributed by atoms with E-state index in [-0.39, 0.29) is 0 Å². The van der Waals surface area contributed by atoms with E-state index >= 15 is 0 Å². The van der Waals surface area contributed by atoms with E-state index in [1.165, 1.54) is 0 Å². The van der Waals surface area contributed by atoms with Crippen molar-refractivity contribution in [3.05, 3.63) is 47.5 Å². The first-order valence-corrected chi connectivity index (χ1v) is 5.79. The quantitative estimate of drug-likeness (QED) is 0.820. The average molecular weight is 247 g/mol. The van der Waals surface area contributed by atoms with E-state index in [0.717, 1.165) is 16.8 Å². The van der Waals surface area contributed by atoms with E-state index < -0.39 is 0 Å². The molecule has 0 radical (unpaired) electrons. The topological polar surface area (TPSA) is 29.3 Å². The van der Waals surface area contributed by atoms with Crippen LogP contribution in [0.1, 0.15) is 0 Å². The van der Waals surface area contributed by atoms with Crippen LogP contribution in [0.2, 0.25) is 5.02 Å². The highest BCUT2D eigenvalue weighted by Gasteiger charge is 2.09. The first-order chi connectivity index (χ1) is 8.09. The SMILES string of the molecule is CN(C)c1ccccc1-c1ccc(N)cc1Cl. The minimum atomic E-state index is 0.680. The van der Waals surface area contributed by atoms with Crippen LogP contribution in [0.5, 0.6) is 0 Å². The number of benzene rings is 2. The second kappa shape index (κ2) is 4.68. The molecule has 0 bridgehead atoms. The molecule has 2 nitrogen and oxygen atoms in total. The molecule has 0 aliphatic carbocycles. The summed E-state index contributed by atoms with van der Waals surface area (Å²) in [7, 11) is 4.04. The van der Waals surface area contributed by atoms with Crippen molar-refractivity contribution in [2.75, 3.05) is 24.7 Å². The molecule has 0 aliphatic heterocycles. The van der Waals surface area contributed by atoms with Crippen LogP contribution in [-0.2, 0) is 0 Å². The molecule has 0 aliphatic rings. The van der Waals surface area contributed by atoms with Crippen LogP contribution in [0.15, 0.2) is 42.5 Å². The van der Waals surface area contributed by atoms with Gasteiger partial charge in [0.1, 0.15) is 0 Å². The van der Waals surface area contributed by atoms with Crippen molar-refractivity contribution >= 4 is 23.0 Å². The van der Waals surface area contributed by atoms with Crippen LogP contribution in [0.3, 0.4) is 0 Å². The molecule has 2 aromatic rings. The van der Waals surface area contributed by atoms with E-state index in [4.69, 9.17) is 17.3 Å². The maximum atomic E-state index is 6.24. The monoisotopic (exact) mass is 246 g/mol. The summed E-state index contributed by atoms with van der Waals surface area (Å²) in [6.45, 7) is 0. The van der Waals surface area contributed by atoms with Crippen molar-refractivity contribution in [2.45, 2.75) is 0 Å². The molecule has 17 heavy (non-hydrogen) atoms. The Morgan fingerprint density at radius 2 is 1.71 bits per heavy atom. The highest BCUT2D eigenvalue weighted by molar-refractivity contribution is 6.33. The Hall–Kier alpha value is -1.67. The Balaban J connectivity index is 2.60. The number of para-hydroxylation sites is 1. The number of nitrogen functional groups attached to an aromatic ring is 1. The number of anilines is 2. The Morgan fingerprint density at radius 1 is 1.00 bits per heavy atom. The Morgan fingerprint density at radius 3 is 2.35 bits per heavy atom. The van der Waals surface area contributed by atoms with Gasteiger partial charge in [0.05, 0.1) is 5.02 Å². The zero-order valence-corrected chi connectivity index (χ0v) is 10.7. The third-order valence-corrected chi connectivity index (χ3v) is 2.98. The van der Waals surface area contributed by atoms with E-state index in [9.17, 15) is 0 Å². The zero-order valence-electron chi connectivity index (χ0n) is 9.94. The van der Waals surface area contributed by atoms with Gasteiger partial charge in [-0.1, -0.05) is 35.9 Å². The molecule has 0 atom stereocenters. The maximum absolute atomic E-state index is 6.24. The molecular formula is C14H15ClN2. The fraction of sp³-hybridized carbons (Fsp3) is 0.143. The second-order valence-electron chi connectivity index (χ2n) is 4.15. The third-order valence-electron chi connectivity index (χ3n) is 2.67. The fourth-order valence-electron chi connectivity index (χ4n) is 1.84. The van der Waals surface area contributed by atoms with Gasteiger partial charge in [0.15, 0.2) is 0 Å². The summed E-state index contributed by atoms with van der Waals surface area (Å²) in [5.41, 5.74) is 9.65. The lowest BCUT2D eigenvalue weighted by molar-refractivity contribution is 1.13. The lowest BCUT2D eigenvalue weighted by Gasteiger charge is -2.18. The van der Waals surface area contributed by atoms with Crippen molar-refractivity contribution in [3.8, 4) is 11.1 Å². The molecule has 0 saturated heterocycles. The van der Waals surface area contributed by atoms with Crippen molar-refractivity contribution in [3.63, 3.8) is 0 Å². The molecule has 0 heterocycles. The smallest absolute Gasteiger partial charge is 0.0505 e. The largest absolute Gasteiger partial charge is 0.399 e. The van der Waals surface area contributed by atoms with Gasteiger partial charge in [0.25, 0.3) is 0 Å². The number of halogens is 1. The minimum Gasteiger partial charge on any atom is -0.399 e. The molecule has 2 N–H and O–H groups in total. The summed E-state index contributed by atoms with van der Waals surface area (Å²) >= 11 is 6.24. The first kappa shape index (κ1) is 11.8. The zero-order chi connectivity index (χ0) is 12.4. The summed E-state index contributed by atoms with van der Waals surface area (Å²) in [6, 6.07) is 13.8. The molecular weight excluding hydrogens is 232 g/mol. The summed E-state index contributed by atoms with van der Waals surface area (Å²) < 4.78 is 0. The predicted molar refractivity (Wildman–Crippen MR) is 75.6 cm³/mol. The Bertz CT molecular complexity index is 535. The molecule has 0 amide bonds. The van der Waals surface area contributed by atoms with Crippen LogP contribution < -0.4 is 10.6 Å². The minimum absolute atomic E-state index is 0.680. The maximum Gasteiger partial charge on any atom is 0.0505 e. The third kappa shape index (κ3) is 2.37. The molecule has 0 unspecified atom stereocenters. The van der Waals surface area contributed by atoms with E-state index in [2.05, 4.69) is 17.0 Å². The molecule has 2 aromatic carbocycles. The van der Waals surface area contributed by atoms with Crippen LogP contribution in [-0.4, -0.2) is 14.1 Å². The summed E-state index contributed by atoms with van der Waals surface area (Å²) in [5.74, 6) is 0. The van der Waals surface area contributed by atoms with Gasteiger partial charge >= 0.3 is 0 Å². The highest BCUT2D eigenvalue weighted by atomic mass is 35.5. The standard InChI is InChI=1S/C14H15ClN2/c1-17(2)14-6-4-3-5-12(14)11-8-7-10(16)9-13(11)15/h3-9H,16H2,1-2H3. The lowest BCUT2D eigenvalue weighted by atomic mass is 10.0. The average Bonchev–Trinajstić information content (AvgIpc) is 2.29. The molecule has 0 fully saturated rings. The summed E-state index contributed by atoms with van der Waals surface area (Å²) in [5, 5.41) is 0.680. The van der Waals surface area contributed by atoms with Crippen molar-refractivity contribution in [1.82, 2.24) is 0 Å². The number of hydrogen-bond acceptors (Lipinski definition) is 2. The molecule has 88 valence electrons. The molecule has 3 heteroatoms. The van der Waals surface area contributed by atoms with E-state index in [1.54, 1.807) is 6.07 Å². The van der Waals surface area contributed by atoms with Crippen molar-refractivity contribution in [1.29, 1.82) is 0 Å². The van der Waals surface area contributed by atoms with Crippen molar-refractivity contribution < 1.29 is 0 Å². The number of nitrogens with zero attached hydrogens (tertiary/aromatic N) is 1. The van der Waals surface area contributed by atoms with Crippen molar-refractivity contribution in [2.24, 2.45) is 0 Å². The normalized spacial score (nSPS) is 10.3. The first-order valence-electron chi connectivity index (χ1n) is 5.41. The number of nitrogens with two attached hydrogens (primary N) is 1. The molecule has 0 saturated carbocycles. The fourth-order valence-corrected chi connectivity index (χ4v) is 2.13. The molecule has 2 rings (SSSR count). The van der Waals surface area contributed by atoms with Crippen LogP contribution in [0.25, 0.3) is 11.1 Å². The number of rotatable bonds is 2. The van der Waals surface area contributed by atoms with E-state index in [0.29, 0.717) is 10.7 Å². The van der Waals surface area contributed by atoms with Gasteiger partial charge in [0.2, 0.25) is 0 Å². The van der Waals surface area contributed by atoms with Gasteiger partial charge in [-0.05, 0) is 18.2 Å². The van der Waals surface area contributed by atoms with E-state index in [1.807, 2.05) is 38.4 Å². The summed E-state index contributed by atoms with van der Waals surface area (Å²) in [4.78, 5) is 2.07. The lowest BCUT2D eigenvalue weighted by Crippen LogP contribution is -2.09. The van der Waals surface area contributed by atoms with Gasteiger partial charge in [0, 0.05) is 36.6 Å². The summed E-state index contributed by atoms with van der Waals surface area (Å²) in [6.07, 6.45) is 0. The second-order valence-corrected chi connectivity index (χ2v) is 4.56. The van der Waals surface area contributed by atoms with Crippen LogP contribution in [0, 0.1) is 0 Å². The highest BCUT2D eigenvalue weighted by Crippen LogP contribution is 2.35. The van der Waals surface area contributed by atoms with Crippen LogP contribution >= 0.6 is 11.6 Å². The van der Waals surface area contributed by atoms with Gasteiger partial charge in [-0.15, -0.1) is 0 Å². The predicted octanol–water partition coefficient (Wildman–Crippen LogP) is 3.66. The Labute approximate surface area is 107 Å². The van der Waals surface area contributed by atoms with Gasteiger partial charge in [-0.3, -0.25) is 0 Å². The van der Waals surface area contributed by atoms with Crippen LogP contribution in [0.4, 0.5) is 11.4 Å². The van der Waals surface area contributed by atoms with Gasteiger partial charge in [-0.2, -0.15) is 0 Å². The van der Waals surface area contributed by atoms with Gasteiger partial charge in [-0.25, -0.2) is 0 Å². The number of hydrogen-bond donors (Lipinski definition) is 1. The van der Waals surface area contributed by atoms with Gasteiger partial charge < -0.3 is 10.6 Å². The molecule has 0 spiro atoms. The Kier molecular flexibility index (Phi) is 3.25.